The Morgan fingerprint density at radius 3 is 2.60 bits per heavy atom. The lowest BCUT2D eigenvalue weighted by molar-refractivity contribution is -0.137. The van der Waals surface area contributed by atoms with Gasteiger partial charge in [0.2, 0.25) is 11.8 Å². The third kappa shape index (κ3) is 4.08. The molecule has 0 radical (unpaired) electrons. The highest BCUT2D eigenvalue weighted by Crippen LogP contribution is 2.14. The fourth-order valence-electron chi connectivity index (χ4n) is 1.77. The van der Waals surface area contributed by atoms with Crippen LogP contribution in [0.1, 0.15) is 30.2 Å². The van der Waals surface area contributed by atoms with Crippen LogP contribution in [0, 0.1) is 0 Å². The number of nitrogens with zero attached hydrogens (tertiary/aromatic N) is 2. The Morgan fingerprint density at radius 2 is 1.95 bits per heavy atom. The largest absolute Gasteiger partial charge is 0.497 e. The third-order valence-electron chi connectivity index (χ3n) is 2.80. The van der Waals surface area contributed by atoms with Crippen LogP contribution in [-0.2, 0) is 17.6 Å². The molecule has 106 valence electrons. The number of hydrogen-bond acceptors (Lipinski definition) is 5. The molecule has 0 aliphatic carbocycles. The minimum Gasteiger partial charge on any atom is -0.497 e. The summed E-state index contributed by atoms with van der Waals surface area (Å²) in [5.74, 6) is 0.992. The lowest BCUT2D eigenvalue weighted by Gasteiger charge is -2.00. The van der Waals surface area contributed by atoms with Crippen molar-refractivity contribution in [2.75, 3.05) is 7.11 Å². The molecule has 1 aromatic carbocycles. The van der Waals surface area contributed by atoms with Crippen LogP contribution in [0.4, 0.5) is 0 Å². The average Bonchev–Trinajstić information content (AvgIpc) is 2.87. The fourth-order valence-corrected chi connectivity index (χ4v) is 1.77. The van der Waals surface area contributed by atoms with Crippen molar-refractivity contribution in [1.82, 2.24) is 10.2 Å². The highest BCUT2D eigenvalue weighted by Gasteiger charge is 2.08. The van der Waals surface area contributed by atoms with Crippen molar-refractivity contribution in [1.29, 1.82) is 0 Å². The van der Waals surface area contributed by atoms with E-state index in [9.17, 15) is 4.79 Å². The highest BCUT2D eigenvalue weighted by atomic mass is 16.5. The molecule has 6 heteroatoms. The van der Waals surface area contributed by atoms with E-state index in [1.807, 2.05) is 24.3 Å². The predicted octanol–water partition coefficient (Wildman–Crippen LogP) is 2.08. The van der Waals surface area contributed by atoms with Gasteiger partial charge in [-0.2, -0.15) is 0 Å². The maximum absolute atomic E-state index is 10.4. The zero-order valence-corrected chi connectivity index (χ0v) is 11.2. The number of aromatic nitrogens is 2. The first-order valence-electron chi connectivity index (χ1n) is 6.33. The van der Waals surface area contributed by atoms with Gasteiger partial charge in [-0.15, -0.1) is 10.2 Å². The second-order valence-corrected chi connectivity index (χ2v) is 4.36. The molecule has 1 N–H and O–H groups in total. The number of aryl methyl sites for hydroxylation is 1. The minimum atomic E-state index is -0.817. The van der Waals surface area contributed by atoms with Gasteiger partial charge in [-0.1, -0.05) is 12.1 Å². The number of methoxy groups -OCH3 is 1. The van der Waals surface area contributed by atoms with E-state index in [0.717, 1.165) is 11.3 Å². The van der Waals surface area contributed by atoms with Gasteiger partial charge < -0.3 is 14.3 Å². The first kappa shape index (κ1) is 14.0. The molecule has 0 saturated carbocycles. The van der Waals surface area contributed by atoms with E-state index in [1.54, 1.807) is 7.11 Å². The molecular formula is C14H16N2O4. The van der Waals surface area contributed by atoms with Gasteiger partial charge in [-0.3, -0.25) is 4.79 Å². The third-order valence-corrected chi connectivity index (χ3v) is 2.80. The summed E-state index contributed by atoms with van der Waals surface area (Å²) in [5, 5.41) is 16.4. The summed E-state index contributed by atoms with van der Waals surface area (Å²) < 4.78 is 10.6. The number of aliphatic carboxylic acids is 1. The van der Waals surface area contributed by atoms with E-state index in [-0.39, 0.29) is 6.42 Å². The molecule has 6 nitrogen and oxygen atoms in total. The minimum absolute atomic E-state index is 0.107. The number of ether oxygens (including phenoxy) is 1. The average molecular weight is 276 g/mol. The Morgan fingerprint density at radius 1 is 1.25 bits per heavy atom. The van der Waals surface area contributed by atoms with Crippen LogP contribution < -0.4 is 4.74 Å². The smallest absolute Gasteiger partial charge is 0.303 e. The van der Waals surface area contributed by atoms with Gasteiger partial charge in [0.15, 0.2) is 0 Å². The standard InChI is InChI=1S/C14H16N2O4/c1-19-11-7-5-10(6-8-11)9-13-16-15-12(20-13)3-2-4-14(17)18/h5-8H,2-4,9H2,1H3,(H,17,18). The molecule has 0 fully saturated rings. The molecule has 0 amide bonds. The lowest BCUT2D eigenvalue weighted by atomic mass is 10.1. The maximum atomic E-state index is 10.4. The van der Waals surface area contributed by atoms with Crippen LogP contribution in [-0.4, -0.2) is 28.4 Å². The molecule has 0 atom stereocenters. The first-order valence-corrected chi connectivity index (χ1v) is 6.33. The molecule has 0 saturated heterocycles. The Labute approximate surface area is 116 Å². The summed E-state index contributed by atoms with van der Waals surface area (Å²) in [5.41, 5.74) is 1.05. The number of carboxylic acids is 1. The summed E-state index contributed by atoms with van der Waals surface area (Å²) in [4.78, 5) is 10.4. The topological polar surface area (TPSA) is 85.5 Å². The van der Waals surface area contributed by atoms with E-state index in [4.69, 9.17) is 14.3 Å². The molecule has 1 heterocycles. The summed E-state index contributed by atoms with van der Waals surface area (Å²) >= 11 is 0. The lowest BCUT2D eigenvalue weighted by Crippen LogP contribution is -1.95. The van der Waals surface area contributed by atoms with Gasteiger partial charge in [-0.25, -0.2) is 0 Å². The van der Waals surface area contributed by atoms with Gasteiger partial charge >= 0.3 is 5.97 Å². The van der Waals surface area contributed by atoms with Crippen molar-refractivity contribution >= 4 is 5.97 Å². The van der Waals surface area contributed by atoms with Crippen molar-refractivity contribution in [2.45, 2.75) is 25.7 Å². The van der Waals surface area contributed by atoms with E-state index < -0.39 is 5.97 Å². The Kier molecular flexibility index (Phi) is 4.70. The maximum Gasteiger partial charge on any atom is 0.303 e. The van der Waals surface area contributed by atoms with E-state index in [1.165, 1.54) is 0 Å². The monoisotopic (exact) mass is 276 g/mol. The molecule has 0 spiro atoms. The Balaban J connectivity index is 1.89. The normalized spacial score (nSPS) is 10.4. The predicted molar refractivity (Wildman–Crippen MR) is 70.7 cm³/mol. The van der Waals surface area contributed by atoms with Crippen LogP contribution in [0.5, 0.6) is 5.75 Å². The molecular weight excluding hydrogens is 260 g/mol. The number of carboxylic acid groups (broad SMARTS) is 1. The molecule has 0 unspecified atom stereocenters. The van der Waals surface area contributed by atoms with Crippen LogP contribution in [0.15, 0.2) is 28.7 Å². The van der Waals surface area contributed by atoms with Crippen LogP contribution in [0.3, 0.4) is 0 Å². The second kappa shape index (κ2) is 6.70. The molecule has 0 bridgehead atoms. The first-order chi connectivity index (χ1) is 9.67. The molecule has 20 heavy (non-hydrogen) atoms. The zero-order valence-electron chi connectivity index (χ0n) is 11.2. The van der Waals surface area contributed by atoms with Crippen LogP contribution in [0.2, 0.25) is 0 Å². The Hall–Kier alpha value is -2.37. The second-order valence-electron chi connectivity index (χ2n) is 4.36. The summed E-state index contributed by atoms with van der Waals surface area (Å²) in [6, 6.07) is 7.62. The summed E-state index contributed by atoms with van der Waals surface area (Å²) in [6.45, 7) is 0. The van der Waals surface area contributed by atoms with Crippen molar-refractivity contribution in [3.8, 4) is 5.75 Å². The summed E-state index contributed by atoms with van der Waals surface area (Å²) in [6.07, 6.45) is 1.65. The SMILES string of the molecule is COc1ccc(Cc2nnc(CCCC(=O)O)o2)cc1. The van der Waals surface area contributed by atoms with Gasteiger partial charge in [-0.05, 0) is 24.1 Å². The van der Waals surface area contributed by atoms with Crippen molar-refractivity contribution in [2.24, 2.45) is 0 Å². The van der Waals surface area contributed by atoms with Crippen molar-refractivity contribution in [3.63, 3.8) is 0 Å². The van der Waals surface area contributed by atoms with E-state index >= 15 is 0 Å². The van der Waals surface area contributed by atoms with E-state index in [2.05, 4.69) is 10.2 Å². The quantitative estimate of drug-likeness (QED) is 0.833. The number of benzene rings is 1. The molecule has 2 aromatic rings. The van der Waals surface area contributed by atoms with Gasteiger partial charge in [0.1, 0.15) is 5.75 Å². The molecule has 2 rings (SSSR count). The van der Waals surface area contributed by atoms with Crippen LogP contribution >= 0.6 is 0 Å². The van der Waals surface area contributed by atoms with Crippen LogP contribution in [0.25, 0.3) is 0 Å². The number of carbonyl (C=O) groups is 1. The summed E-state index contributed by atoms with van der Waals surface area (Å²) in [7, 11) is 1.62. The molecule has 0 aliphatic rings. The van der Waals surface area contributed by atoms with Gasteiger partial charge in [0, 0.05) is 12.8 Å². The van der Waals surface area contributed by atoms with Gasteiger partial charge in [0.25, 0.3) is 0 Å². The van der Waals surface area contributed by atoms with E-state index in [0.29, 0.717) is 31.0 Å². The Bertz CT molecular complexity index is 563. The molecule has 1 aromatic heterocycles. The van der Waals surface area contributed by atoms with Crippen molar-refractivity contribution < 1.29 is 19.1 Å². The van der Waals surface area contributed by atoms with Crippen molar-refractivity contribution in [3.05, 3.63) is 41.6 Å². The molecule has 0 aliphatic heterocycles. The fraction of sp³-hybridized carbons (Fsp3) is 0.357. The number of rotatable bonds is 7. The zero-order chi connectivity index (χ0) is 14.4. The highest BCUT2D eigenvalue weighted by molar-refractivity contribution is 5.66. The van der Waals surface area contributed by atoms with Gasteiger partial charge in [0.05, 0.1) is 13.5 Å². The number of hydrogen-bond donors (Lipinski definition) is 1.